The predicted molar refractivity (Wildman–Crippen MR) is 127 cm³/mol. The maximum Gasteiger partial charge on any atom is 0.273 e. The summed E-state index contributed by atoms with van der Waals surface area (Å²) in [5.41, 5.74) is 1.67. The molecule has 9 heteroatoms. The number of aliphatic hydroxyl groups excluding tert-OH is 1. The number of rotatable bonds is 8. The summed E-state index contributed by atoms with van der Waals surface area (Å²) in [4.78, 5) is 25.9. The van der Waals surface area contributed by atoms with Crippen LogP contribution in [0.15, 0.2) is 42.5 Å². The third-order valence-electron chi connectivity index (χ3n) is 5.42. The number of fused-ring (bicyclic) bond motifs is 1. The molecule has 3 aromatic rings. The number of carbonyl (C=O) groups is 2. The van der Waals surface area contributed by atoms with Crippen molar-refractivity contribution in [1.82, 2.24) is 20.4 Å². The van der Waals surface area contributed by atoms with E-state index < -0.39 is 17.4 Å². The number of nitrogens with one attached hydrogen (secondary N) is 2. The van der Waals surface area contributed by atoms with Crippen LogP contribution in [0.5, 0.6) is 5.75 Å². The Morgan fingerprint density at radius 3 is 2.62 bits per heavy atom. The standard InChI is InChI=1S/C25H29N5O4/c1-25(2,3)22(24(33)27-11-12-31)28-23(32)21-18-7-5-6-8-19(18)30(29-21)15-17-10-9-16(14-26)13-20(17)34-4/h5-10,13,22,31H,11-12,15H2,1-4H3,(H,27,33)(H,28,32)/t22-/m1/s1. The van der Waals surface area contributed by atoms with Crippen LogP contribution < -0.4 is 15.4 Å². The van der Waals surface area contributed by atoms with E-state index in [2.05, 4.69) is 21.8 Å². The first-order valence-corrected chi connectivity index (χ1v) is 10.9. The number of nitriles is 1. The molecule has 9 nitrogen and oxygen atoms in total. The quantitative estimate of drug-likeness (QED) is 0.470. The van der Waals surface area contributed by atoms with E-state index in [4.69, 9.17) is 15.1 Å². The minimum Gasteiger partial charge on any atom is -0.496 e. The summed E-state index contributed by atoms with van der Waals surface area (Å²) in [5.74, 6) is -0.292. The molecule has 3 rings (SSSR count). The van der Waals surface area contributed by atoms with Gasteiger partial charge >= 0.3 is 0 Å². The lowest BCUT2D eigenvalue weighted by Crippen LogP contribution is -2.54. The number of hydrogen-bond acceptors (Lipinski definition) is 6. The van der Waals surface area contributed by atoms with E-state index >= 15 is 0 Å². The fourth-order valence-electron chi connectivity index (χ4n) is 3.68. The van der Waals surface area contributed by atoms with Gasteiger partial charge in [0.2, 0.25) is 5.91 Å². The molecule has 1 heterocycles. The molecule has 0 aliphatic carbocycles. The van der Waals surface area contributed by atoms with Gasteiger partial charge in [0.1, 0.15) is 11.8 Å². The molecule has 0 unspecified atom stereocenters. The van der Waals surface area contributed by atoms with E-state index in [1.54, 1.807) is 22.9 Å². The first-order valence-electron chi connectivity index (χ1n) is 10.9. The average molecular weight is 464 g/mol. The molecule has 0 aliphatic heterocycles. The molecule has 0 bridgehead atoms. The number of methoxy groups -OCH3 is 1. The van der Waals surface area contributed by atoms with Crippen LogP contribution in [-0.2, 0) is 11.3 Å². The maximum atomic E-state index is 13.3. The predicted octanol–water partition coefficient (Wildman–Crippen LogP) is 2.22. The Labute approximate surface area is 198 Å². The van der Waals surface area contributed by atoms with Crippen LogP contribution in [0, 0.1) is 16.7 Å². The van der Waals surface area contributed by atoms with Gasteiger partial charge in [0.25, 0.3) is 5.91 Å². The lowest BCUT2D eigenvalue weighted by atomic mass is 9.86. The van der Waals surface area contributed by atoms with Crippen molar-refractivity contribution in [3.8, 4) is 11.8 Å². The molecule has 0 radical (unpaired) electrons. The lowest BCUT2D eigenvalue weighted by molar-refractivity contribution is -0.125. The number of hydrogen-bond donors (Lipinski definition) is 3. The Morgan fingerprint density at radius 1 is 1.24 bits per heavy atom. The van der Waals surface area contributed by atoms with E-state index in [1.165, 1.54) is 7.11 Å². The first-order chi connectivity index (χ1) is 16.2. The van der Waals surface area contributed by atoms with Crippen molar-refractivity contribution in [3.63, 3.8) is 0 Å². The topological polar surface area (TPSA) is 129 Å². The highest BCUT2D eigenvalue weighted by Crippen LogP contribution is 2.25. The molecule has 0 fully saturated rings. The fraction of sp³-hybridized carbons (Fsp3) is 0.360. The zero-order valence-corrected chi connectivity index (χ0v) is 19.8. The Morgan fingerprint density at radius 2 is 1.97 bits per heavy atom. The smallest absolute Gasteiger partial charge is 0.273 e. The van der Waals surface area contributed by atoms with Gasteiger partial charge in [0.05, 0.1) is 37.4 Å². The number of aliphatic hydroxyl groups is 1. The van der Waals surface area contributed by atoms with Gasteiger partial charge < -0.3 is 20.5 Å². The number of benzene rings is 2. The summed E-state index contributed by atoms with van der Waals surface area (Å²) in [6.45, 7) is 5.79. The normalized spacial score (nSPS) is 12.1. The van der Waals surface area contributed by atoms with Crippen LogP contribution in [0.3, 0.4) is 0 Å². The number of aromatic nitrogens is 2. The van der Waals surface area contributed by atoms with Crippen LogP contribution in [0.4, 0.5) is 0 Å². The minimum atomic E-state index is -0.825. The molecule has 2 aromatic carbocycles. The number of nitrogens with zero attached hydrogens (tertiary/aromatic N) is 3. The molecule has 0 aliphatic rings. The van der Waals surface area contributed by atoms with Crippen LogP contribution in [0.25, 0.3) is 10.9 Å². The summed E-state index contributed by atoms with van der Waals surface area (Å²) in [5, 5.41) is 28.8. The van der Waals surface area contributed by atoms with Gasteiger partial charge in [-0.2, -0.15) is 10.4 Å². The SMILES string of the molecule is COc1cc(C#N)ccc1Cn1nc(C(=O)N[C@H](C(=O)NCCO)C(C)(C)C)c2ccccc21. The number of amides is 2. The second kappa shape index (κ2) is 10.4. The zero-order chi connectivity index (χ0) is 24.9. The molecular formula is C25H29N5O4. The van der Waals surface area contributed by atoms with Crippen molar-refractivity contribution in [3.05, 3.63) is 59.3 Å². The van der Waals surface area contributed by atoms with Gasteiger partial charge in [-0.05, 0) is 23.6 Å². The van der Waals surface area contributed by atoms with Crippen LogP contribution >= 0.6 is 0 Å². The van der Waals surface area contributed by atoms with E-state index in [-0.39, 0.29) is 24.8 Å². The molecular weight excluding hydrogens is 434 g/mol. The van der Waals surface area contributed by atoms with Crippen LogP contribution in [0.2, 0.25) is 0 Å². The third kappa shape index (κ3) is 5.35. The third-order valence-corrected chi connectivity index (χ3v) is 5.42. The molecule has 3 N–H and O–H groups in total. The van der Waals surface area contributed by atoms with Gasteiger partial charge in [-0.3, -0.25) is 14.3 Å². The van der Waals surface area contributed by atoms with Crippen molar-refractivity contribution >= 4 is 22.7 Å². The molecule has 1 atom stereocenters. The van der Waals surface area contributed by atoms with Crippen LogP contribution in [-0.4, -0.2) is 53.0 Å². The Hall–Kier alpha value is -3.90. The molecule has 178 valence electrons. The Balaban J connectivity index is 1.96. The second-order valence-corrected chi connectivity index (χ2v) is 8.95. The zero-order valence-electron chi connectivity index (χ0n) is 19.8. The van der Waals surface area contributed by atoms with Gasteiger partial charge in [-0.1, -0.05) is 45.0 Å². The highest BCUT2D eigenvalue weighted by atomic mass is 16.5. The number of carbonyl (C=O) groups excluding carboxylic acids is 2. The number of ether oxygens (including phenoxy) is 1. The van der Waals surface area contributed by atoms with Gasteiger partial charge in [0, 0.05) is 17.5 Å². The van der Waals surface area contributed by atoms with Gasteiger partial charge in [0.15, 0.2) is 5.69 Å². The second-order valence-electron chi connectivity index (χ2n) is 8.95. The Bertz CT molecular complexity index is 1240. The highest BCUT2D eigenvalue weighted by molar-refractivity contribution is 6.06. The largest absolute Gasteiger partial charge is 0.496 e. The van der Waals surface area contributed by atoms with E-state index in [0.29, 0.717) is 23.2 Å². The lowest BCUT2D eigenvalue weighted by Gasteiger charge is -2.30. The highest BCUT2D eigenvalue weighted by Gasteiger charge is 2.34. The van der Waals surface area contributed by atoms with Crippen molar-refractivity contribution in [2.45, 2.75) is 33.4 Å². The summed E-state index contributed by atoms with van der Waals surface area (Å²) >= 11 is 0. The molecule has 0 saturated carbocycles. The summed E-state index contributed by atoms with van der Waals surface area (Å²) in [7, 11) is 1.54. The monoisotopic (exact) mass is 463 g/mol. The molecule has 34 heavy (non-hydrogen) atoms. The molecule has 2 amide bonds. The van der Waals surface area contributed by atoms with E-state index in [1.807, 2.05) is 45.0 Å². The maximum absolute atomic E-state index is 13.3. The molecule has 1 aromatic heterocycles. The van der Waals surface area contributed by atoms with Crippen molar-refractivity contribution in [2.24, 2.45) is 5.41 Å². The van der Waals surface area contributed by atoms with Crippen LogP contribution in [0.1, 0.15) is 42.4 Å². The fourth-order valence-corrected chi connectivity index (χ4v) is 3.68. The molecule has 0 spiro atoms. The van der Waals surface area contributed by atoms with Crippen molar-refractivity contribution < 1.29 is 19.4 Å². The van der Waals surface area contributed by atoms with E-state index in [0.717, 1.165) is 11.1 Å². The van der Waals surface area contributed by atoms with Gasteiger partial charge in [-0.15, -0.1) is 0 Å². The Kier molecular flexibility index (Phi) is 7.54. The number of para-hydroxylation sites is 1. The average Bonchev–Trinajstić information content (AvgIpc) is 3.19. The summed E-state index contributed by atoms with van der Waals surface area (Å²) in [6.07, 6.45) is 0. The summed E-state index contributed by atoms with van der Waals surface area (Å²) in [6, 6.07) is 13.8. The molecule has 0 saturated heterocycles. The summed E-state index contributed by atoms with van der Waals surface area (Å²) < 4.78 is 7.14. The van der Waals surface area contributed by atoms with Crippen molar-refractivity contribution in [1.29, 1.82) is 5.26 Å². The minimum absolute atomic E-state index is 0.102. The first kappa shape index (κ1) is 24.7. The van der Waals surface area contributed by atoms with Crippen molar-refractivity contribution in [2.75, 3.05) is 20.3 Å². The van der Waals surface area contributed by atoms with Gasteiger partial charge in [-0.25, -0.2) is 0 Å². The van der Waals surface area contributed by atoms with E-state index in [9.17, 15) is 9.59 Å².